The minimum Gasteiger partial charge on any atom is -0.497 e. The summed E-state index contributed by atoms with van der Waals surface area (Å²) in [6, 6.07) is 8.19. The molecule has 82 valence electrons. The highest BCUT2D eigenvalue weighted by Crippen LogP contribution is 2.30. The van der Waals surface area contributed by atoms with Crippen LogP contribution in [0.1, 0.15) is 18.4 Å². The lowest BCUT2D eigenvalue weighted by molar-refractivity contribution is 0.397. The second kappa shape index (κ2) is 4.21. The van der Waals surface area contributed by atoms with Crippen LogP contribution in [-0.4, -0.2) is 20.2 Å². The van der Waals surface area contributed by atoms with Gasteiger partial charge in [0.2, 0.25) is 0 Å². The van der Waals surface area contributed by atoms with Gasteiger partial charge in [-0.2, -0.15) is 0 Å². The van der Waals surface area contributed by atoms with Crippen LogP contribution in [0.5, 0.6) is 5.75 Å². The first kappa shape index (κ1) is 10.5. The summed E-state index contributed by atoms with van der Waals surface area (Å²) >= 11 is 0. The van der Waals surface area contributed by atoms with Gasteiger partial charge in [-0.25, -0.2) is 0 Å². The zero-order chi connectivity index (χ0) is 10.7. The van der Waals surface area contributed by atoms with Crippen LogP contribution in [0.3, 0.4) is 0 Å². The summed E-state index contributed by atoms with van der Waals surface area (Å²) in [5.41, 5.74) is 7.14. The number of rotatable bonds is 3. The molecule has 0 saturated carbocycles. The van der Waals surface area contributed by atoms with Crippen molar-refractivity contribution in [3.8, 4) is 5.75 Å². The maximum absolute atomic E-state index is 5.88. The summed E-state index contributed by atoms with van der Waals surface area (Å²) in [7, 11) is 1.68. The smallest absolute Gasteiger partial charge is 0.118 e. The lowest BCUT2D eigenvalue weighted by atomic mass is 9.88. The fourth-order valence-corrected chi connectivity index (χ4v) is 2.25. The van der Waals surface area contributed by atoms with Crippen LogP contribution >= 0.6 is 0 Å². The summed E-state index contributed by atoms with van der Waals surface area (Å²) in [5.74, 6) is 0.893. The van der Waals surface area contributed by atoms with Gasteiger partial charge in [0.25, 0.3) is 0 Å². The number of nitrogens with two attached hydrogens (primary N) is 1. The highest BCUT2D eigenvalue weighted by Gasteiger charge is 2.33. The van der Waals surface area contributed by atoms with E-state index in [1.807, 2.05) is 12.1 Å². The van der Waals surface area contributed by atoms with E-state index in [9.17, 15) is 0 Å². The van der Waals surface area contributed by atoms with Gasteiger partial charge in [0.15, 0.2) is 0 Å². The van der Waals surface area contributed by atoms with E-state index in [-0.39, 0.29) is 5.54 Å². The monoisotopic (exact) mass is 206 g/mol. The summed E-state index contributed by atoms with van der Waals surface area (Å²) in [5, 5.41) is 3.51. The summed E-state index contributed by atoms with van der Waals surface area (Å²) in [6.07, 6.45) is 2.32. The molecule has 0 spiro atoms. The largest absolute Gasteiger partial charge is 0.497 e. The first-order valence-electron chi connectivity index (χ1n) is 5.40. The number of benzene rings is 1. The van der Waals surface area contributed by atoms with Crippen LogP contribution in [0.25, 0.3) is 0 Å². The van der Waals surface area contributed by atoms with Crippen molar-refractivity contribution in [1.29, 1.82) is 0 Å². The molecule has 3 N–H and O–H groups in total. The Kier molecular flexibility index (Phi) is 2.93. The Labute approximate surface area is 90.6 Å². The van der Waals surface area contributed by atoms with Gasteiger partial charge in [0.05, 0.1) is 12.6 Å². The van der Waals surface area contributed by atoms with E-state index in [0.29, 0.717) is 6.54 Å². The zero-order valence-corrected chi connectivity index (χ0v) is 9.12. The highest BCUT2D eigenvalue weighted by molar-refractivity contribution is 5.33. The van der Waals surface area contributed by atoms with E-state index in [1.54, 1.807) is 7.11 Å². The van der Waals surface area contributed by atoms with Crippen LogP contribution < -0.4 is 15.8 Å². The Balaban J connectivity index is 2.26. The van der Waals surface area contributed by atoms with E-state index in [4.69, 9.17) is 10.5 Å². The van der Waals surface area contributed by atoms with Gasteiger partial charge in [0, 0.05) is 6.54 Å². The van der Waals surface area contributed by atoms with Gasteiger partial charge < -0.3 is 15.8 Å². The van der Waals surface area contributed by atoms with Crippen molar-refractivity contribution in [3.63, 3.8) is 0 Å². The molecule has 1 saturated heterocycles. The molecule has 1 aromatic rings. The summed E-state index contributed by atoms with van der Waals surface area (Å²) in [4.78, 5) is 0. The first-order valence-corrected chi connectivity index (χ1v) is 5.40. The minimum atomic E-state index is -0.00767. The predicted molar refractivity (Wildman–Crippen MR) is 61.0 cm³/mol. The molecule has 0 radical (unpaired) electrons. The van der Waals surface area contributed by atoms with E-state index in [1.165, 1.54) is 12.0 Å². The SMILES string of the molecule is COc1ccc(C2(CN)CCCN2)cc1. The third-order valence-corrected chi connectivity index (χ3v) is 3.23. The second-order valence-corrected chi connectivity index (χ2v) is 4.05. The zero-order valence-electron chi connectivity index (χ0n) is 9.12. The van der Waals surface area contributed by atoms with Crippen molar-refractivity contribution in [2.24, 2.45) is 5.73 Å². The van der Waals surface area contributed by atoms with Crippen LogP contribution in [0, 0.1) is 0 Å². The maximum atomic E-state index is 5.88. The first-order chi connectivity index (χ1) is 7.30. The molecule has 0 aliphatic carbocycles. The van der Waals surface area contributed by atoms with Crippen molar-refractivity contribution in [3.05, 3.63) is 29.8 Å². The molecule has 0 bridgehead atoms. The molecule has 0 aromatic heterocycles. The molecule has 2 rings (SSSR count). The molecule has 1 unspecified atom stereocenters. The van der Waals surface area contributed by atoms with Gasteiger partial charge >= 0.3 is 0 Å². The van der Waals surface area contributed by atoms with E-state index < -0.39 is 0 Å². The topological polar surface area (TPSA) is 47.3 Å². The molecule has 1 aliphatic heterocycles. The summed E-state index contributed by atoms with van der Waals surface area (Å²) < 4.78 is 5.15. The predicted octanol–water partition coefficient (Wildman–Crippen LogP) is 1.23. The second-order valence-electron chi connectivity index (χ2n) is 4.05. The van der Waals surface area contributed by atoms with E-state index in [2.05, 4.69) is 17.4 Å². The quantitative estimate of drug-likeness (QED) is 0.782. The van der Waals surface area contributed by atoms with Crippen LogP contribution in [0.4, 0.5) is 0 Å². The van der Waals surface area contributed by atoms with Gasteiger partial charge in [-0.05, 0) is 37.1 Å². The van der Waals surface area contributed by atoms with Gasteiger partial charge in [-0.3, -0.25) is 0 Å². The highest BCUT2D eigenvalue weighted by atomic mass is 16.5. The van der Waals surface area contributed by atoms with Gasteiger partial charge in [-0.15, -0.1) is 0 Å². The Hall–Kier alpha value is -1.06. The molecular formula is C12H18N2O. The Bertz CT molecular complexity index is 315. The number of methoxy groups -OCH3 is 1. The van der Waals surface area contributed by atoms with Crippen LogP contribution in [-0.2, 0) is 5.54 Å². The molecule has 1 aromatic carbocycles. The number of ether oxygens (including phenoxy) is 1. The van der Waals surface area contributed by atoms with Crippen molar-refractivity contribution in [1.82, 2.24) is 5.32 Å². The van der Waals surface area contributed by atoms with E-state index in [0.717, 1.165) is 18.7 Å². The molecule has 0 amide bonds. The Morgan fingerprint density at radius 3 is 2.60 bits per heavy atom. The number of nitrogens with one attached hydrogen (secondary N) is 1. The maximum Gasteiger partial charge on any atom is 0.118 e. The van der Waals surface area contributed by atoms with Crippen molar-refractivity contribution in [2.75, 3.05) is 20.2 Å². The fraction of sp³-hybridized carbons (Fsp3) is 0.500. The Morgan fingerprint density at radius 2 is 2.13 bits per heavy atom. The van der Waals surface area contributed by atoms with Crippen molar-refractivity contribution < 1.29 is 4.74 Å². The minimum absolute atomic E-state index is 0.00767. The van der Waals surface area contributed by atoms with Gasteiger partial charge in [0.1, 0.15) is 5.75 Å². The Morgan fingerprint density at radius 1 is 1.40 bits per heavy atom. The molecule has 3 heteroatoms. The molecule has 1 atom stereocenters. The molecule has 1 heterocycles. The molecular weight excluding hydrogens is 188 g/mol. The van der Waals surface area contributed by atoms with Crippen LogP contribution in [0.2, 0.25) is 0 Å². The van der Waals surface area contributed by atoms with Crippen LogP contribution in [0.15, 0.2) is 24.3 Å². The van der Waals surface area contributed by atoms with E-state index >= 15 is 0 Å². The lowest BCUT2D eigenvalue weighted by Gasteiger charge is -2.28. The molecule has 15 heavy (non-hydrogen) atoms. The average molecular weight is 206 g/mol. The summed E-state index contributed by atoms with van der Waals surface area (Å²) in [6.45, 7) is 1.71. The van der Waals surface area contributed by atoms with Gasteiger partial charge in [-0.1, -0.05) is 12.1 Å². The third-order valence-electron chi connectivity index (χ3n) is 3.23. The number of hydrogen-bond acceptors (Lipinski definition) is 3. The van der Waals surface area contributed by atoms with Crippen molar-refractivity contribution >= 4 is 0 Å². The fourth-order valence-electron chi connectivity index (χ4n) is 2.25. The standard InChI is InChI=1S/C12H18N2O/c1-15-11-5-3-10(4-6-11)12(9-13)7-2-8-14-12/h3-6,14H,2,7-9,13H2,1H3. The average Bonchev–Trinajstić information content (AvgIpc) is 2.79. The third kappa shape index (κ3) is 1.85. The molecule has 1 fully saturated rings. The lowest BCUT2D eigenvalue weighted by Crippen LogP contribution is -2.43. The number of hydrogen-bond donors (Lipinski definition) is 2. The normalized spacial score (nSPS) is 25.5. The molecule has 3 nitrogen and oxygen atoms in total. The van der Waals surface area contributed by atoms with Crippen molar-refractivity contribution in [2.45, 2.75) is 18.4 Å². The molecule has 1 aliphatic rings.